The van der Waals surface area contributed by atoms with Gasteiger partial charge in [0.15, 0.2) is 0 Å². The Labute approximate surface area is 104 Å². The summed E-state index contributed by atoms with van der Waals surface area (Å²) in [7, 11) is 1.69. The Hall–Kier alpha value is -1.35. The number of carbonyl (C=O) groups excluding carboxylic acids is 1. The molecule has 0 aliphatic heterocycles. The van der Waals surface area contributed by atoms with Crippen LogP contribution in [0.2, 0.25) is 0 Å². The highest BCUT2D eigenvalue weighted by molar-refractivity contribution is 5.96. The van der Waals surface area contributed by atoms with Crippen molar-refractivity contribution in [3.8, 4) is 0 Å². The standard InChI is InChI=1S/C14H22N2O/c1-9-7-11(14(3,4)5)8-10(2)12(9)13(17)16-15-6/h7-8,15H,1-6H3,(H,16,17). The summed E-state index contributed by atoms with van der Waals surface area (Å²) in [5.41, 5.74) is 9.43. The number of benzene rings is 1. The van der Waals surface area contributed by atoms with Crippen molar-refractivity contribution in [1.82, 2.24) is 10.9 Å². The molecule has 3 heteroatoms. The first-order valence-electron chi connectivity index (χ1n) is 5.86. The van der Waals surface area contributed by atoms with Crippen LogP contribution in [0.4, 0.5) is 0 Å². The molecule has 17 heavy (non-hydrogen) atoms. The molecule has 0 saturated heterocycles. The van der Waals surface area contributed by atoms with Crippen LogP contribution in [0.15, 0.2) is 12.1 Å². The molecule has 1 aromatic carbocycles. The Morgan fingerprint density at radius 3 is 1.94 bits per heavy atom. The van der Waals surface area contributed by atoms with Gasteiger partial charge in [-0.05, 0) is 36.0 Å². The predicted octanol–water partition coefficient (Wildman–Crippen LogP) is 2.47. The van der Waals surface area contributed by atoms with Crippen LogP contribution in [0.1, 0.15) is 47.8 Å². The number of hydrazine groups is 1. The number of hydrogen-bond donors (Lipinski definition) is 2. The van der Waals surface area contributed by atoms with Gasteiger partial charge in [-0.25, -0.2) is 5.43 Å². The average Bonchev–Trinajstić information content (AvgIpc) is 2.15. The molecule has 1 rings (SSSR count). The highest BCUT2D eigenvalue weighted by atomic mass is 16.2. The fourth-order valence-corrected chi connectivity index (χ4v) is 1.93. The molecule has 0 fully saturated rings. The van der Waals surface area contributed by atoms with Gasteiger partial charge in [0.25, 0.3) is 5.91 Å². The van der Waals surface area contributed by atoms with Crippen LogP contribution in [0.25, 0.3) is 0 Å². The van der Waals surface area contributed by atoms with Gasteiger partial charge in [0.2, 0.25) is 0 Å². The van der Waals surface area contributed by atoms with Crippen molar-refractivity contribution in [3.05, 3.63) is 34.4 Å². The monoisotopic (exact) mass is 234 g/mol. The van der Waals surface area contributed by atoms with E-state index in [1.807, 2.05) is 13.8 Å². The van der Waals surface area contributed by atoms with Gasteiger partial charge in [0.1, 0.15) is 0 Å². The second-order valence-corrected chi connectivity index (χ2v) is 5.44. The van der Waals surface area contributed by atoms with Gasteiger partial charge in [0.05, 0.1) is 0 Å². The van der Waals surface area contributed by atoms with E-state index in [9.17, 15) is 4.79 Å². The molecular formula is C14H22N2O. The molecule has 0 aliphatic rings. The van der Waals surface area contributed by atoms with Gasteiger partial charge in [-0.3, -0.25) is 10.2 Å². The summed E-state index contributed by atoms with van der Waals surface area (Å²) in [4.78, 5) is 11.9. The zero-order valence-corrected chi connectivity index (χ0v) is 11.6. The highest BCUT2D eigenvalue weighted by Crippen LogP contribution is 2.26. The molecule has 0 spiro atoms. The van der Waals surface area contributed by atoms with E-state index in [1.165, 1.54) is 5.56 Å². The summed E-state index contributed by atoms with van der Waals surface area (Å²) in [6, 6.07) is 4.19. The molecule has 0 radical (unpaired) electrons. The zero-order valence-electron chi connectivity index (χ0n) is 11.6. The summed E-state index contributed by atoms with van der Waals surface area (Å²) in [5.74, 6) is -0.0806. The van der Waals surface area contributed by atoms with Gasteiger partial charge in [0, 0.05) is 12.6 Å². The van der Waals surface area contributed by atoms with Crippen LogP contribution in [0.3, 0.4) is 0 Å². The minimum absolute atomic E-state index is 0.0806. The Bertz CT molecular complexity index is 407. The van der Waals surface area contributed by atoms with E-state index >= 15 is 0 Å². The Morgan fingerprint density at radius 1 is 1.12 bits per heavy atom. The van der Waals surface area contributed by atoms with E-state index in [4.69, 9.17) is 0 Å². The third-order valence-corrected chi connectivity index (χ3v) is 2.86. The molecule has 2 N–H and O–H groups in total. The van der Waals surface area contributed by atoms with Crippen molar-refractivity contribution in [2.75, 3.05) is 7.05 Å². The lowest BCUT2D eigenvalue weighted by molar-refractivity contribution is 0.0936. The van der Waals surface area contributed by atoms with E-state index in [-0.39, 0.29) is 11.3 Å². The topological polar surface area (TPSA) is 41.1 Å². The molecule has 1 amide bonds. The molecule has 0 saturated carbocycles. The van der Waals surface area contributed by atoms with E-state index in [0.717, 1.165) is 16.7 Å². The first-order valence-corrected chi connectivity index (χ1v) is 5.86. The van der Waals surface area contributed by atoms with Crippen molar-refractivity contribution in [1.29, 1.82) is 0 Å². The number of nitrogens with one attached hydrogen (secondary N) is 2. The van der Waals surface area contributed by atoms with Gasteiger partial charge < -0.3 is 0 Å². The largest absolute Gasteiger partial charge is 0.288 e. The van der Waals surface area contributed by atoms with Crippen LogP contribution in [-0.4, -0.2) is 13.0 Å². The Kier molecular flexibility index (Phi) is 3.94. The van der Waals surface area contributed by atoms with E-state index in [2.05, 4.69) is 43.8 Å². The molecule has 94 valence electrons. The predicted molar refractivity (Wildman–Crippen MR) is 71.1 cm³/mol. The van der Waals surface area contributed by atoms with E-state index < -0.39 is 0 Å². The number of hydrogen-bond acceptors (Lipinski definition) is 2. The Morgan fingerprint density at radius 2 is 1.59 bits per heavy atom. The SMILES string of the molecule is CNNC(=O)c1c(C)cc(C(C)(C)C)cc1C. The molecule has 1 aromatic rings. The highest BCUT2D eigenvalue weighted by Gasteiger charge is 2.18. The lowest BCUT2D eigenvalue weighted by atomic mass is 9.83. The first kappa shape index (κ1) is 13.7. The summed E-state index contributed by atoms with van der Waals surface area (Å²) < 4.78 is 0. The summed E-state index contributed by atoms with van der Waals surface area (Å²) >= 11 is 0. The van der Waals surface area contributed by atoms with Gasteiger partial charge in [-0.15, -0.1) is 0 Å². The number of carbonyl (C=O) groups is 1. The van der Waals surface area contributed by atoms with Crippen LogP contribution in [-0.2, 0) is 5.41 Å². The normalized spacial score (nSPS) is 11.4. The second-order valence-electron chi connectivity index (χ2n) is 5.44. The molecule has 0 aliphatic carbocycles. The van der Waals surface area contributed by atoms with Gasteiger partial charge >= 0.3 is 0 Å². The summed E-state index contributed by atoms with van der Waals surface area (Å²) in [6.45, 7) is 10.5. The number of amides is 1. The average molecular weight is 234 g/mol. The van der Waals surface area contributed by atoms with Crippen LogP contribution >= 0.6 is 0 Å². The molecule has 3 nitrogen and oxygen atoms in total. The molecular weight excluding hydrogens is 212 g/mol. The minimum atomic E-state index is -0.0806. The quantitative estimate of drug-likeness (QED) is 0.772. The van der Waals surface area contributed by atoms with Crippen molar-refractivity contribution in [2.24, 2.45) is 0 Å². The molecule has 0 heterocycles. The molecule has 0 bridgehead atoms. The minimum Gasteiger partial charge on any atom is -0.288 e. The summed E-state index contributed by atoms with van der Waals surface area (Å²) in [6.07, 6.45) is 0. The maximum Gasteiger partial charge on any atom is 0.265 e. The van der Waals surface area contributed by atoms with Crippen LogP contribution in [0, 0.1) is 13.8 Å². The zero-order chi connectivity index (χ0) is 13.2. The third kappa shape index (κ3) is 3.07. The second kappa shape index (κ2) is 4.88. The van der Waals surface area contributed by atoms with Crippen LogP contribution in [0.5, 0.6) is 0 Å². The van der Waals surface area contributed by atoms with Crippen LogP contribution < -0.4 is 10.9 Å². The van der Waals surface area contributed by atoms with Crippen molar-refractivity contribution in [3.63, 3.8) is 0 Å². The lowest BCUT2D eigenvalue weighted by Gasteiger charge is -2.22. The smallest absolute Gasteiger partial charge is 0.265 e. The van der Waals surface area contributed by atoms with E-state index in [1.54, 1.807) is 7.05 Å². The van der Waals surface area contributed by atoms with Crippen molar-refractivity contribution < 1.29 is 4.79 Å². The first-order chi connectivity index (χ1) is 7.77. The molecule has 0 unspecified atom stereocenters. The number of rotatable bonds is 2. The third-order valence-electron chi connectivity index (χ3n) is 2.86. The Balaban J connectivity index is 3.25. The fourth-order valence-electron chi connectivity index (χ4n) is 1.93. The summed E-state index contributed by atoms with van der Waals surface area (Å²) in [5, 5.41) is 0. The molecule has 0 atom stereocenters. The lowest BCUT2D eigenvalue weighted by Crippen LogP contribution is -2.35. The van der Waals surface area contributed by atoms with E-state index in [0.29, 0.717) is 0 Å². The maximum absolute atomic E-state index is 11.9. The maximum atomic E-state index is 11.9. The molecule has 0 aromatic heterocycles. The van der Waals surface area contributed by atoms with Crippen molar-refractivity contribution in [2.45, 2.75) is 40.0 Å². The fraction of sp³-hybridized carbons (Fsp3) is 0.500. The number of aryl methyl sites for hydroxylation is 2. The van der Waals surface area contributed by atoms with Gasteiger partial charge in [-0.2, -0.15) is 0 Å². The van der Waals surface area contributed by atoms with Crippen molar-refractivity contribution >= 4 is 5.91 Å². The van der Waals surface area contributed by atoms with Gasteiger partial charge in [-0.1, -0.05) is 32.9 Å².